The second-order valence-electron chi connectivity index (χ2n) is 5.09. The fourth-order valence-corrected chi connectivity index (χ4v) is 4.56. The Hall–Kier alpha value is -0.690. The third-order valence-electron chi connectivity index (χ3n) is 3.74. The first kappa shape index (κ1) is 16.7. The molecule has 7 heteroatoms. The van der Waals surface area contributed by atoms with Gasteiger partial charge in [0.25, 0.3) is 0 Å². The first-order valence-corrected chi connectivity index (χ1v) is 8.83. The Morgan fingerprint density at radius 2 is 2.19 bits per heavy atom. The molecule has 21 heavy (non-hydrogen) atoms. The topological polar surface area (TPSA) is 46.6 Å². The summed E-state index contributed by atoms with van der Waals surface area (Å²) in [6.45, 7) is 4.39. The van der Waals surface area contributed by atoms with Gasteiger partial charge in [0.1, 0.15) is 5.82 Å². The van der Waals surface area contributed by atoms with Crippen molar-refractivity contribution >= 4 is 21.6 Å². The summed E-state index contributed by atoms with van der Waals surface area (Å²) in [4.78, 5) is -0.00139. The van der Waals surface area contributed by atoms with Crippen molar-refractivity contribution in [1.82, 2.24) is 4.31 Å². The molecule has 1 aromatic carbocycles. The van der Waals surface area contributed by atoms with E-state index in [2.05, 4.69) is 0 Å². The fourth-order valence-electron chi connectivity index (χ4n) is 2.46. The van der Waals surface area contributed by atoms with Gasteiger partial charge in [0.05, 0.1) is 18.1 Å². The van der Waals surface area contributed by atoms with E-state index in [1.807, 2.05) is 6.92 Å². The first-order chi connectivity index (χ1) is 9.91. The van der Waals surface area contributed by atoms with E-state index in [0.29, 0.717) is 25.2 Å². The molecule has 1 heterocycles. The van der Waals surface area contributed by atoms with Gasteiger partial charge in [0.2, 0.25) is 10.0 Å². The number of alkyl halides is 1. The van der Waals surface area contributed by atoms with E-state index in [0.717, 1.165) is 0 Å². The SMILES string of the molecule is CCC1COCCN1S(=O)(=O)c1cc(CCl)cc(F)c1C. The number of hydrogen-bond donors (Lipinski definition) is 0. The first-order valence-electron chi connectivity index (χ1n) is 6.86. The molecular formula is C14H19ClFNO3S. The van der Waals surface area contributed by atoms with Crippen LogP contribution in [-0.4, -0.2) is 38.5 Å². The Balaban J connectivity index is 2.50. The summed E-state index contributed by atoms with van der Waals surface area (Å²) < 4.78 is 46.4. The number of morpholine rings is 1. The molecule has 0 saturated carbocycles. The molecule has 0 N–H and O–H groups in total. The van der Waals surface area contributed by atoms with Crippen LogP contribution in [0.25, 0.3) is 0 Å². The molecule has 1 fully saturated rings. The number of benzene rings is 1. The van der Waals surface area contributed by atoms with Crippen LogP contribution >= 0.6 is 11.6 Å². The average Bonchev–Trinajstić information content (AvgIpc) is 2.49. The lowest BCUT2D eigenvalue weighted by atomic mass is 10.1. The fraction of sp³-hybridized carbons (Fsp3) is 0.571. The van der Waals surface area contributed by atoms with Crippen molar-refractivity contribution in [3.8, 4) is 0 Å². The van der Waals surface area contributed by atoms with Crippen molar-refractivity contribution < 1.29 is 17.5 Å². The Morgan fingerprint density at radius 1 is 1.48 bits per heavy atom. The minimum absolute atomic E-state index is 0.00139. The van der Waals surface area contributed by atoms with Crippen LogP contribution in [0.3, 0.4) is 0 Å². The van der Waals surface area contributed by atoms with Crippen LogP contribution in [0.2, 0.25) is 0 Å². The highest BCUT2D eigenvalue weighted by atomic mass is 35.5. The third kappa shape index (κ3) is 3.23. The van der Waals surface area contributed by atoms with Gasteiger partial charge in [-0.05, 0) is 31.0 Å². The molecule has 0 spiro atoms. The van der Waals surface area contributed by atoms with Crippen molar-refractivity contribution in [3.63, 3.8) is 0 Å². The molecule has 0 aliphatic carbocycles. The van der Waals surface area contributed by atoms with Crippen LogP contribution in [-0.2, 0) is 20.6 Å². The second-order valence-corrected chi connectivity index (χ2v) is 7.21. The number of nitrogens with zero attached hydrogens (tertiary/aromatic N) is 1. The lowest BCUT2D eigenvalue weighted by Crippen LogP contribution is -2.48. The molecule has 2 rings (SSSR count). The molecular weight excluding hydrogens is 317 g/mol. The number of halogens is 2. The lowest BCUT2D eigenvalue weighted by molar-refractivity contribution is 0.0314. The summed E-state index contributed by atoms with van der Waals surface area (Å²) in [6, 6.07) is 2.52. The maximum atomic E-state index is 13.9. The molecule has 1 saturated heterocycles. The van der Waals surface area contributed by atoms with E-state index < -0.39 is 15.8 Å². The normalized spacial score (nSPS) is 20.7. The van der Waals surface area contributed by atoms with Gasteiger partial charge in [-0.3, -0.25) is 0 Å². The highest BCUT2D eigenvalue weighted by Crippen LogP contribution is 2.27. The van der Waals surface area contributed by atoms with Crippen LogP contribution in [0.5, 0.6) is 0 Å². The van der Waals surface area contributed by atoms with Crippen molar-refractivity contribution in [2.24, 2.45) is 0 Å². The standard InChI is InChI=1S/C14H19ClFNO3S/c1-3-12-9-20-5-4-17(12)21(18,19)14-7-11(8-15)6-13(16)10(14)2/h6-7,12H,3-5,8-9H2,1-2H3. The summed E-state index contributed by atoms with van der Waals surface area (Å²) in [5, 5.41) is 0. The Morgan fingerprint density at radius 3 is 2.81 bits per heavy atom. The number of rotatable bonds is 4. The number of hydrogen-bond acceptors (Lipinski definition) is 3. The summed E-state index contributed by atoms with van der Waals surface area (Å²) in [6.07, 6.45) is 0.649. The van der Waals surface area contributed by atoms with E-state index in [1.54, 1.807) is 0 Å². The van der Waals surface area contributed by atoms with Gasteiger partial charge < -0.3 is 4.74 Å². The quantitative estimate of drug-likeness (QED) is 0.795. The molecule has 0 amide bonds. The molecule has 0 radical (unpaired) electrons. The van der Waals surface area contributed by atoms with E-state index in [4.69, 9.17) is 16.3 Å². The maximum Gasteiger partial charge on any atom is 0.243 e. The zero-order valence-electron chi connectivity index (χ0n) is 12.1. The lowest BCUT2D eigenvalue weighted by Gasteiger charge is -2.34. The average molecular weight is 336 g/mol. The van der Waals surface area contributed by atoms with E-state index in [-0.39, 0.29) is 28.9 Å². The predicted octanol–water partition coefficient (Wildman–Crippen LogP) is 2.67. The molecule has 1 aliphatic heterocycles. The highest BCUT2D eigenvalue weighted by Gasteiger charge is 2.34. The maximum absolute atomic E-state index is 13.9. The zero-order valence-corrected chi connectivity index (χ0v) is 13.7. The summed E-state index contributed by atoms with van der Waals surface area (Å²) in [7, 11) is -3.75. The minimum atomic E-state index is -3.75. The smallest absolute Gasteiger partial charge is 0.243 e. The molecule has 118 valence electrons. The molecule has 1 unspecified atom stereocenters. The minimum Gasteiger partial charge on any atom is -0.378 e. The van der Waals surface area contributed by atoms with Crippen molar-refractivity contribution in [1.29, 1.82) is 0 Å². The van der Waals surface area contributed by atoms with Gasteiger partial charge in [-0.1, -0.05) is 6.92 Å². The Bertz CT molecular complexity index is 621. The van der Waals surface area contributed by atoms with Gasteiger partial charge in [-0.25, -0.2) is 12.8 Å². The van der Waals surface area contributed by atoms with Crippen LogP contribution in [0, 0.1) is 12.7 Å². The highest BCUT2D eigenvalue weighted by molar-refractivity contribution is 7.89. The van der Waals surface area contributed by atoms with Crippen LogP contribution in [0.15, 0.2) is 17.0 Å². The van der Waals surface area contributed by atoms with Gasteiger partial charge in [0.15, 0.2) is 0 Å². The second kappa shape index (κ2) is 6.60. The molecule has 1 aromatic rings. The Labute approximate surface area is 129 Å². The van der Waals surface area contributed by atoms with Gasteiger partial charge >= 0.3 is 0 Å². The van der Waals surface area contributed by atoms with Crippen molar-refractivity contribution in [2.75, 3.05) is 19.8 Å². The van der Waals surface area contributed by atoms with Crippen LogP contribution in [0.4, 0.5) is 4.39 Å². The van der Waals surface area contributed by atoms with E-state index in [9.17, 15) is 12.8 Å². The van der Waals surface area contributed by atoms with Crippen molar-refractivity contribution in [3.05, 3.63) is 29.1 Å². The predicted molar refractivity (Wildman–Crippen MR) is 79.5 cm³/mol. The van der Waals surface area contributed by atoms with Crippen molar-refractivity contribution in [2.45, 2.75) is 37.1 Å². The summed E-state index contributed by atoms with van der Waals surface area (Å²) >= 11 is 5.72. The van der Waals surface area contributed by atoms with Crippen LogP contribution in [0.1, 0.15) is 24.5 Å². The van der Waals surface area contributed by atoms with Gasteiger partial charge in [-0.15, -0.1) is 11.6 Å². The van der Waals surface area contributed by atoms with Gasteiger partial charge in [-0.2, -0.15) is 4.31 Å². The van der Waals surface area contributed by atoms with Crippen LogP contribution < -0.4 is 0 Å². The van der Waals surface area contributed by atoms with Gasteiger partial charge in [0, 0.05) is 24.0 Å². The summed E-state index contributed by atoms with van der Waals surface area (Å²) in [5.74, 6) is -0.479. The van der Waals surface area contributed by atoms with E-state index >= 15 is 0 Å². The molecule has 4 nitrogen and oxygen atoms in total. The molecule has 1 atom stereocenters. The monoisotopic (exact) mass is 335 g/mol. The molecule has 0 bridgehead atoms. The Kier molecular flexibility index (Phi) is 5.24. The third-order valence-corrected chi connectivity index (χ3v) is 6.13. The number of ether oxygens (including phenoxy) is 1. The zero-order chi connectivity index (χ0) is 15.6. The molecule has 0 aromatic heterocycles. The largest absolute Gasteiger partial charge is 0.378 e. The summed E-state index contributed by atoms with van der Waals surface area (Å²) in [5.41, 5.74) is 0.588. The molecule has 1 aliphatic rings. The number of sulfonamides is 1. The van der Waals surface area contributed by atoms with E-state index in [1.165, 1.54) is 23.4 Å².